The number of nitrogens with one attached hydrogen (secondary N) is 2. The second-order valence-electron chi connectivity index (χ2n) is 8.06. The smallest absolute Gasteiger partial charge is 0.125 e. The van der Waals surface area contributed by atoms with Crippen LogP contribution in [-0.2, 0) is 32.7 Å². The first kappa shape index (κ1) is 20.0. The monoisotopic (exact) mass is 416 g/mol. The SMILES string of the molecule is OCc1cc2c(cc1OCc1ccccc1)CCNC2/C=C/c1cnc2n1CCNC2. The molecule has 0 amide bonds. The average molecular weight is 417 g/mol. The minimum absolute atomic E-state index is 0.0447. The zero-order valence-electron chi connectivity index (χ0n) is 17.6. The van der Waals surface area contributed by atoms with Crippen LogP contribution in [-0.4, -0.2) is 27.7 Å². The number of aromatic nitrogens is 2. The first-order chi connectivity index (χ1) is 15.3. The molecule has 0 saturated heterocycles. The molecule has 0 aliphatic carbocycles. The van der Waals surface area contributed by atoms with Crippen LogP contribution in [0.1, 0.15) is 39.8 Å². The molecule has 2 aromatic carbocycles. The van der Waals surface area contributed by atoms with E-state index in [1.807, 2.05) is 36.5 Å². The minimum Gasteiger partial charge on any atom is -0.489 e. The zero-order valence-corrected chi connectivity index (χ0v) is 17.6. The van der Waals surface area contributed by atoms with Crippen molar-refractivity contribution < 1.29 is 9.84 Å². The number of fused-ring (bicyclic) bond motifs is 2. The van der Waals surface area contributed by atoms with E-state index in [2.05, 4.69) is 44.5 Å². The van der Waals surface area contributed by atoms with Gasteiger partial charge in [-0.15, -0.1) is 0 Å². The van der Waals surface area contributed by atoms with Crippen LogP contribution in [0.5, 0.6) is 5.75 Å². The summed E-state index contributed by atoms with van der Waals surface area (Å²) in [6.45, 7) is 4.10. The first-order valence-corrected chi connectivity index (χ1v) is 10.9. The molecule has 0 fully saturated rings. The molecule has 3 heterocycles. The van der Waals surface area contributed by atoms with E-state index in [-0.39, 0.29) is 12.6 Å². The Balaban J connectivity index is 1.38. The zero-order chi connectivity index (χ0) is 21.0. The molecular weight excluding hydrogens is 388 g/mol. The molecule has 31 heavy (non-hydrogen) atoms. The van der Waals surface area contributed by atoms with Crippen LogP contribution in [0.15, 0.2) is 54.7 Å². The van der Waals surface area contributed by atoms with E-state index in [4.69, 9.17) is 4.74 Å². The van der Waals surface area contributed by atoms with E-state index in [0.29, 0.717) is 6.61 Å². The van der Waals surface area contributed by atoms with Crippen molar-refractivity contribution in [1.29, 1.82) is 0 Å². The largest absolute Gasteiger partial charge is 0.489 e. The van der Waals surface area contributed by atoms with E-state index >= 15 is 0 Å². The molecule has 2 aliphatic heterocycles. The Hall–Kier alpha value is -2.93. The van der Waals surface area contributed by atoms with Gasteiger partial charge >= 0.3 is 0 Å². The van der Waals surface area contributed by atoms with Gasteiger partial charge in [-0.25, -0.2) is 4.98 Å². The van der Waals surface area contributed by atoms with E-state index in [0.717, 1.165) is 61.0 Å². The lowest BCUT2D eigenvalue weighted by atomic mass is 9.91. The van der Waals surface area contributed by atoms with E-state index in [9.17, 15) is 5.11 Å². The highest BCUT2D eigenvalue weighted by Crippen LogP contribution is 2.32. The lowest BCUT2D eigenvalue weighted by Gasteiger charge is -2.26. The van der Waals surface area contributed by atoms with Crippen molar-refractivity contribution in [2.45, 2.75) is 38.8 Å². The summed E-state index contributed by atoms with van der Waals surface area (Å²) in [4.78, 5) is 4.53. The molecule has 160 valence electrons. The third kappa shape index (κ3) is 4.28. The van der Waals surface area contributed by atoms with Crippen molar-refractivity contribution in [3.05, 3.63) is 88.5 Å². The third-order valence-electron chi connectivity index (χ3n) is 6.05. The van der Waals surface area contributed by atoms with Crippen LogP contribution in [0.4, 0.5) is 0 Å². The quantitative estimate of drug-likeness (QED) is 0.576. The van der Waals surface area contributed by atoms with Gasteiger partial charge in [-0.3, -0.25) is 0 Å². The summed E-state index contributed by atoms with van der Waals surface area (Å²) in [6.07, 6.45) is 7.26. The highest BCUT2D eigenvalue weighted by atomic mass is 16.5. The molecular formula is C25H28N4O2. The van der Waals surface area contributed by atoms with Crippen LogP contribution in [0.3, 0.4) is 0 Å². The molecule has 3 aromatic rings. The van der Waals surface area contributed by atoms with Crippen LogP contribution >= 0.6 is 0 Å². The predicted octanol–water partition coefficient (Wildman–Crippen LogP) is 2.96. The number of ether oxygens (including phenoxy) is 1. The highest BCUT2D eigenvalue weighted by molar-refractivity contribution is 5.51. The van der Waals surface area contributed by atoms with Crippen LogP contribution < -0.4 is 15.4 Å². The topological polar surface area (TPSA) is 71.3 Å². The van der Waals surface area contributed by atoms with Crippen molar-refractivity contribution in [3.63, 3.8) is 0 Å². The molecule has 6 heteroatoms. The van der Waals surface area contributed by atoms with Crippen LogP contribution in [0, 0.1) is 0 Å². The standard InChI is InChI=1S/C25H28N4O2/c30-16-20-12-22-19(13-24(20)31-17-18-4-2-1-3-5-18)8-9-27-23(22)7-6-21-14-28-25-15-26-10-11-29(21)25/h1-7,12-14,23,26-27,30H,8-11,15-17H2/b7-6+. The molecule has 5 rings (SSSR count). The molecule has 1 atom stereocenters. The Labute approximate surface area is 182 Å². The summed E-state index contributed by atoms with van der Waals surface area (Å²) in [5.41, 5.74) is 5.55. The average Bonchev–Trinajstić information content (AvgIpc) is 3.24. The molecule has 0 radical (unpaired) electrons. The first-order valence-electron chi connectivity index (χ1n) is 10.9. The fourth-order valence-corrected chi connectivity index (χ4v) is 4.38. The van der Waals surface area contributed by atoms with Crippen molar-refractivity contribution in [2.24, 2.45) is 0 Å². The Morgan fingerprint density at radius 1 is 1.19 bits per heavy atom. The number of rotatable bonds is 6. The summed E-state index contributed by atoms with van der Waals surface area (Å²) < 4.78 is 8.35. The van der Waals surface area contributed by atoms with Crippen molar-refractivity contribution >= 4 is 6.08 Å². The van der Waals surface area contributed by atoms with Gasteiger partial charge in [0.05, 0.1) is 31.1 Å². The Morgan fingerprint density at radius 2 is 2.10 bits per heavy atom. The molecule has 3 N–H and O–H groups in total. The number of benzene rings is 2. The number of hydrogen-bond donors (Lipinski definition) is 3. The van der Waals surface area contributed by atoms with Gasteiger partial charge in [-0.1, -0.05) is 36.4 Å². The molecule has 1 aromatic heterocycles. The van der Waals surface area contributed by atoms with Crippen molar-refractivity contribution in [3.8, 4) is 5.75 Å². The fraction of sp³-hybridized carbons (Fsp3) is 0.320. The Bertz CT molecular complexity index is 1070. The highest BCUT2D eigenvalue weighted by Gasteiger charge is 2.21. The second-order valence-corrected chi connectivity index (χ2v) is 8.06. The van der Waals surface area contributed by atoms with Gasteiger partial charge in [-0.05, 0) is 41.3 Å². The minimum atomic E-state index is -0.0447. The van der Waals surface area contributed by atoms with Gasteiger partial charge in [0.15, 0.2) is 0 Å². The maximum atomic E-state index is 9.98. The maximum Gasteiger partial charge on any atom is 0.125 e. The van der Waals surface area contributed by atoms with E-state index < -0.39 is 0 Å². The van der Waals surface area contributed by atoms with Gasteiger partial charge in [0, 0.05) is 25.2 Å². The number of nitrogens with zero attached hydrogens (tertiary/aromatic N) is 2. The fourth-order valence-electron chi connectivity index (χ4n) is 4.38. The van der Waals surface area contributed by atoms with Gasteiger partial charge in [0.2, 0.25) is 0 Å². The number of aliphatic hydroxyl groups is 1. The molecule has 0 spiro atoms. The summed E-state index contributed by atoms with van der Waals surface area (Å²) >= 11 is 0. The van der Waals surface area contributed by atoms with Crippen LogP contribution in [0.25, 0.3) is 6.08 Å². The normalized spacial score (nSPS) is 18.0. The number of hydrogen-bond acceptors (Lipinski definition) is 5. The molecule has 6 nitrogen and oxygen atoms in total. The van der Waals surface area contributed by atoms with Crippen molar-refractivity contribution in [2.75, 3.05) is 13.1 Å². The van der Waals surface area contributed by atoms with E-state index in [1.54, 1.807) is 0 Å². The summed E-state index contributed by atoms with van der Waals surface area (Å²) in [6, 6.07) is 14.4. The molecule has 0 bridgehead atoms. The molecule has 2 aliphatic rings. The predicted molar refractivity (Wildman–Crippen MR) is 121 cm³/mol. The number of imidazole rings is 1. The number of aliphatic hydroxyl groups excluding tert-OH is 1. The maximum absolute atomic E-state index is 9.98. The van der Waals surface area contributed by atoms with Gasteiger partial charge in [0.25, 0.3) is 0 Å². The lowest BCUT2D eigenvalue weighted by molar-refractivity contribution is 0.258. The summed E-state index contributed by atoms with van der Waals surface area (Å²) in [5, 5.41) is 16.9. The van der Waals surface area contributed by atoms with E-state index in [1.165, 1.54) is 11.1 Å². The lowest BCUT2D eigenvalue weighted by Crippen LogP contribution is -2.29. The van der Waals surface area contributed by atoms with Gasteiger partial charge in [0.1, 0.15) is 18.2 Å². The second kappa shape index (κ2) is 9.06. The van der Waals surface area contributed by atoms with Gasteiger partial charge < -0.3 is 25.0 Å². The Kier molecular flexibility index (Phi) is 5.84. The summed E-state index contributed by atoms with van der Waals surface area (Å²) in [5.74, 6) is 1.86. The Morgan fingerprint density at radius 3 is 2.97 bits per heavy atom. The van der Waals surface area contributed by atoms with Crippen molar-refractivity contribution in [1.82, 2.24) is 20.2 Å². The summed E-state index contributed by atoms with van der Waals surface area (Å²) in [7, 11) is 0. The van der Waals surface area contributed by atoms with Gasteiger partial charge in [-0.2, -0.15) is 0 Å². The third-order valence-corrected chi connectivity index (χ3v) is 6.05. The molecule has 0 saturated carbocycles. The van der Waals surface area contributed by atoms with Crippen LogP contribution in [0.2, 0.25) is 0 Å². The molecule has 1 unspecified atom stereocenters.